The zero-order chi connectivity index (χ0) is 11.6. The summed E-state index contributed by atoms with van der Waals surface area (Å²) >= 11 is 0. The summed E-state index contributed by atoms with van der Waals surface area (Å²) in [5.74, 6) is 0.749. The van der Waals surface area contributed by atoms with Crippen LogP contribution in [-0.4, -0.2) is 29.1 Å². The second-order valence-electron chi connectivity index (χ2n) is 5.85. The molecule has 1 saturated heterocycles. The molecule has 2 atom stereocenters. The smallest absolute Gasteiger partial charge is 0.318 e. The van der Waals surface area contributed by atoms with Gasteiger partial charge in [0.05, 0.1) is 0 Å². The molecule has 1 rings (SSSR count). The Morgan fingerprint density at radius 1 is 1.33 bits per heavy atom. The Kier molecular flexibility index (Phi) is 3.63. The second-order valence-corrected chi connectivity index (χ2v) is 5.85. The number of urea groups is 1. The number of rotatable bonds is 0. The first-order valence-electron chi connectivity index (χ1n) is 5.88. The third kappa shape index (κ3) is 3.73. The minimum Gasteiger partial charge on any atom is -0.333 e. The molecule has 0 saturated carbocycles. The molecule has 3 nitrogen and oxygen atoms in total. The summed E-state index contributed by atoms with van der Waals surface area (Å²) in [6.45, 7) is 11.3. The largest absolute Gasteiger partial charge is 0.333 e. The SMILES string of the molecule is CC1CCN(C(=O)NC(C)(C)C)C(C)C1. The van der Waals surface area contributed by atoms with Crippen LogP contribution in [0, 0.1) is 5.92 Å². The number of piperidine rings is 1. The van der Waals surface area contributed by atoms with Crippen LogP contribution in [0.2, 0.25) is 0 Å². The van der Waals surface area contributed by atoms with Crippen LogP contribution in [0.4, 0.5) is 4.79 Å². The van der Waals surface area contributed by atoms with Gasteiger partial charge in [0.15, 0.2) is 0 Å². The number of nitrogens with one attached hydrogen (secondary N) is 1. The maximum atomic E-state index is 11.9. The first-order valence-corrected chi connectivity index (χ1v) is 5.88. The maximum absolute atomic E-state index is 11.9. The number of carbonyl (C=O) groups is 1. The molecule has 0 aromatic rings. The fourth-order valence-electron chi connectivity index (χ4n) is 2.10. The fraction of sp³-hybridized carbons (Fsp3) is 0.917. The molecule has 1 aliphatic rings. The second kappa shape index (κ2) is 4.42. The van der Waals surface area contributed by atoms with Crippen molar-refractivity contribution < 1.29 is 4.79 Å². The van der Waals surface area contributed by atoms with Gasteiger partial charge in [-0.25, -0.2) is 4.79 Å². The highest BCUT2D eigenvalue weighted by Crippen LogP contribution is 2.22. The zero-order valence-electron chi connectivity index (χ0n) is 10.6. The molecule has 0 aliphatic carbocycles. The lowest BCUT2D eigenvalue weighted by molar-refractivity contribution is 0.134. The van der Waals surface area contributed by atoms with Crippen molar-refractivity contribution in [2.45, 2.75) is 59.0 Å². The quantitative estimate of drug-likeness (QED) is 0.657. The summed E-state index contributed by atoms with van der Waals surface area (Å²) in [5, 5.41) is 3.02. The van der Waals surface area contributed by atoms with Crippen LogP contribution >= 0.6 is 0 Å². The van der Waals surface area contributed by atoms with Gasteiger partial charge in [-0.3, -0.25) is 0 Å². The monoisotopic (exact) mass is 212 g/mol. The molecular weight excluding hydrogens is 188 g/mol. The molecule has 15 heavy (non-hydrogen) atoms. The van der Waals surface area contributed by atoms with Crippen LogP contribution < -0.4 is 5.32 Å². The Labute approximate surface area is 93.2 Å². The molecule has 2 amide bonds. The number of nitrogens with zero attached hydrogens (tertiary/aromatic N) is 1. The van der Waals surface area contributed by atoms with Gasteiger partial charge >= 0.3 is 6.03 Å². The van der Waals surface area contributed by atoms with Gasteiger partial charge in [0.25, 0.3) is 0 Å². The van der Waals surface area contributed by atoms with Crippen LogP contribution in [0.1, 0.15) is 47.5 Å². The first kappa shape index (κ1) is 12.3. The molecule has 0 aromatic heterocycles. The topological polar surface area (TPSA) is 32.3 Å². The van der Waals surface area contributed by atoms with Gasteiger partial charge in [-0.1, -0.05) is 6.92 Å². The van der Waals surface area contributed by atoms with Crippen molar-refractivity contribution in [1.82, 2.24) is 10.2 Å². The van der Waals surface area contributed by atoms with Crippen molar-refractivity contribution in [1.29, 1.82) is 0 Å². The van der Waals surface area contributed by atoms with E-state index in [4.69, 9.17) is 0 Å². The number of carbonyl (C=O) groups excluding carboxylic acids is 1. The van der Waals surface area contributed by atoms with E-state index in [0.29, 0.717) is 6.04 Å². The summed E-state index contributed by atoms with van der Waals surface area (Å²) in [6, 6.07) is 0.456. The van der Waals surface area contributed by atoms with E-state index in [9.17, 15) is 4.79 Å². The molecule has 0 radical (unpaired) electrons. The van der Waals surface area contributed by atoms with Crippen molar-refractivity contribution in [3.05, 3.63) is 0 Å². The van der Waals surface area contributed by atoms with E-state index >= 15 is 0 Å². The van der Waals surface area contributed by atoms with Gasteiger partial charge in [-0.2, -0.15) is 0 Å². The minimum atomic E-state index is -0.139. The van der Waals surface area contributed by atoms with Gasteiger partial charge < -0.3 is 10.2 Å². The Hall–Kier alpha value is -0.730. The summed E-state index contributed by atoms with van der Waals surface area (Å²) < 4.78 is 0. The van der Waals surface area contributed by atoms with E-state index in [1.807, 2.05) is 25.7 Å². The van der Waals surface area contributed by atoms with Crippen molar-refractivity contribution in [3.8, 4) is 0 Å². The molecular formula is C12H24N2O. The summed E-state index contributed by atoms with van der Waals surface area (Å²) in [6.07, 6.45) is 2.25. The Morgan fingerprint density at radius 2 is 1.93 bits per heavy atom. The van der Waals surface area contributed by atoms with E-state index in [2.05, 4.69) is 19.2 Å². The van der Waals surface area contributed by atoms with Crippen molar-refractivity contribution in [3.63, 3.8) is 0 Å². The van der Waals surface area contributed by atoms with Gasteiger partial charge in [-0.05, 0) is 46.5 Å². The van der Waals surface area contributed by atoms with Crippen LogP contribution in [0.3, 0.4) is 0 Å². The predicted molar refractivity (Wildman–Crippen MR) is 62.9 cm³/mol. The highest BCUT2D eigenvalue weighted by molar-refractivity contribution is 5.75. The van der Waals surface area contributed by atoms with Gasteiger partial charge in [0.2, 0.25) is 0 Å². The average molecular weight is 212 g/mol. The van der Waals surface area contributed by atoms with E-state index in [0.717, 1.165) is 25.3 Å². The zero-order valence-corrected chi connectivity index (χ0v) is 10.6. The summed E-state index contributed by atoms with van der Waals surface area (Å²) in [7, 11) is 0. The Balaban J connectivity index is 2.53. The van der Waals surface area contributed by atoms with Gasteiger partial charge in [-0.15, -0.1) is 0 Å². The van der Waals surface area contributed by atoms with Gasteiger partial charge in [0, 0.05) is 18.1 Å². The lowest BCUT2D eigenvalue weighted by Gasteiger charge is -2.38. The van der Waals surface area contributed by atoms with Crippen molar-refractivity contribution >= 4 is 6.03 Å². The van der Waals surface area contributed by atoms with Crippen molar-refractivity contribution in [2.24, 2.45) is 5.92 Å². The minimum absolute atomic E-state index is 0.0851. The van der Waals surface area contributed by atoms with E-state index in [-0.39, 0.29) is 11.6 Å². The summed E-state index contributed by atoms with van der Waals surface area (Å²) in [4.78, 5) is 13.9. The van der Waals surface area contributed by atoms with Crippen LogP contribution in [0.15, 0.2) is 0 Å². The van der Waals surface area contributed by atoms with Crippen LogP contribution in [0.25, 0.3) is 0 Å². The van der Waals surface area contributed by atoms with Gasteiger partial charge in [0.1, 0.15) is 0 Å². The third-order valence-electron chi connectivity index (χ3n) is 2.88. The molecule has 0 spiro atoms. The molecule has 0 aromatic carbocycles. The van der Waals surface area contributed by atoms with Crippen molar-refractivity contribution in [2.75, 3.05) is 6.54 Å². The third-order valence-corrected chi connectivity index (χ3v) is 2.88. The standard InChI is InChI=1S/C12H24N2O/c1-9-6-7-14(10(2)8-9)11(15)13-12(3,4)5/h9-10H,6-8H2,1-5H3,(H,13,15). The molecule has 0 bridgehead atoms. The number of hydrogen-bond donors (Lipinski definition) is 1. The van der Waals surface area contributed by atoms with Crippen LogP contribution in [-0.2, 0) is 0 Å². The maximum Gasteiger partial charge on any atom is 0.318 e. The van der Waals surface area contributed by atoms with E-state index in [1.54, 1.807) is 0 Å². The van der Waals surface area contributed by atoms with E-state index < -0.39 is 0 Å². The summed E-state index contributed by atoms with van der Waals surface area (Å²) in [5.41, 5.74) is -0.139. The number of hydrogen-bond acceptors (Lipinski definition) is 1. The molecule has 1 aliphatic heterocycles. The van der Waals surface area contributed by atoms with E-state index in [1.165, 1.54) is 0 Å². The highest BCUT2D eigenvalue weighted by atomic mass is 16.2. The normalized spacial score (nSPS) is 27.7. The molecule has 88 valence electrons. The molecule has 1 heterocycles. The first-order chi connectivity index (χ1) is 6.79. The Morgan fingerprint density at radius 3 is 2.40 bits per heavy atom. The average Bonchev–Trinajstić information content (AvgIpc) is 1.99. The Bertz CT molecular complexity index is 232. The molecule has 1 N–H and O–H groups in total. The molecule has 1 fully saturated rings. The molecule has 2 unspecified atom stereocenters. The predicted octanol–water partition coefficient (Wildman–Crippen LogP) is 2.61. The number of amides is 2. The lowest BCUT2D eigenvalue weighted by Crippen LogP contribution is -2.53. The fourth-order valence-corrected chi connectivity index (χ4v) is 2.10. The van der Waals surface area contributed by atoms with Crippen LogP contribution in [0.5, 0.6) is 0 Å². The lowest BCUT2D eigenvalue weighted by atomic mass is 9.93. The molecule has 3 heteroatoms. The number of likely N-dealkylation sites (tertiary alicyclic amines) is 1. The highest BCUT2D eigenvalue weighted by Gasteiger charge is 2.28.